The first kappa shape index (κ1) is 24.1. The summed E-state index contributed by atoms with van der Waals surface area (Å²) in [4.78, 5) is 32.8. The van der Waals surface area contributed by atoms with Crippen molar-refractivity contribution in [3.8, 4) is 17.0 Å². The Morgan fingerprint density at radius 3 is 2.69 bits per heavy atom. The van der Waals surface area contributed by atoms with Gasteiger partial charge < -0.3 is 15.4 Å². The molecule has 0 atom stereocenters. The number of pyridine rings is 1. The molecule has 0 aliphatic rings. The fraction of sp³-hybridized carbons (Fsp3) is 0.130. The van der Waals surface area contributed by atoms with Crippen molar-refractivity contribution >= 4 is 38.3 Å². The number of carbonyl (C=O) groups is 2. The predicted molar refractivity (Wildman–Crippen MR) is 132 cm³/mol. The van der Waals surface area contributed by atoms with Crippen LogP contribution in [0.1, 0.15) is 15.9 Å². The molecule has 2 amide bonds. The molecule has 3 heterocycles. The molecule has 2 N–H and O–H groups in total. The van der Waals surface area contributed by atoms with Crippen LogP contribution in [0.2, 0.25) is 0 Å². The van der Waals surface area contributed by atoms with Gasteiger partial charge in [-0.25, -0.2) is 13.4 Å². The van der Waals surface area contributed by atoms with Gasteiger partial charge in [-0.3, -0.25) is 18.5 Å². The number of carbonyl (C=O) groups excluding carboxylic acids is 2. The zero-order valence-electron chi connectivity index (χ0n) is 18.5. The molecule has 12 heteroatoms. The summed E-state index contributed by atoms with van der Waals surface area (Å²) >= 11 is 1.26. The minimum Gasteiger partial charge on any atom is -0.489 e. The van der Waals surface area contributed by atoms with Crippen LogP contribution < -0.4 is 15.4 Å². The van der Waals surface area contributed by atoms with Crippen LogP contribution in [-0.2, 0) is 21.4 Å². The largest absolute Gasteiger partial charge is 0.489 e. The number of aromatic nitrogens is 3. The van der Waals surface area contributed by atoms with Gasteiger partial charge in [0.2, 0.25) is 15.9 Å². The van der Waals surface area contributed by atoms with E-state index in [1.165, 1.54) is 29.8 Å². The van der Waals surface area contributed by atoms with Crippen LogP contribution >= 0.6 is 11.3 Å². The Morgan fingerprint density at radius 2 is 1.94 bits per heavy atom. The van der Waals surface area contributed by atoms with E-state index < -0.39 is 21.8 Å². The standard InChI is InChI=1S/C23H21N5O5S2/c1-35(31,32)28-10-7-18(13-28)22(30)25-12-21(29)27-23-26-20(15-34-23)17-4-2-3-16(11-17)14-33-19-5-8-24-9-6-19/h2-11,13,15H,12,14H2,1H3,(H,25,30)(H,26,27,29). The van der Waals surface area contributed by atoms with Crippen molar-refractivity contribution in [3.05, 3.63) is 83.8 Å². The molecule has 0 spiro atoms. The third kappa shape index (κ3) is 6.52. The summed E-state index contributed by atoms with van der Waals surface area (Å²) in [5.74, 6) is -0.293. The fourth-order valence-corrected chi connectivity index (χ4v) is 4.35. The van der Waals surface area contributed by atoms with Crippen LogP contribution in [0.3, 0.4) is 0 Å². The number of nitrogens with zero attached hydrogens (tertiary/aromatic N) is 3. The Bertz CT molecular complexity index is 1450. The van der Waals surface area contributed by atoms with Gasteiger partial charge in [-0.15, -0.1) is 11.3 Å². The van der Waals surface area contributed by atoms with Gasteiger partial charge in [0.05, 0.1) is 24.1 Å². The third-order valence-electron chi connectivity index (χ3n) is 4.75. The van der Waals surface area contributed by atoms with Crippen LogP contribution in [0, 0.1) is 0 Å². The van der Waals surface area contributed by atoms with E-state index >= 15 is 0 Å². The lowest BCUT2D eigenvalue weighted by atomic mass is 10.1. The minimum atomic E-state index is -3.49. The van der Waals surface area contributed by atoms with Gasteiger partial charge in [0.15, 0.2) is 5.13 Å². The van der Waals surface area contributed by atoms with Crippen LogP contribution in [-0.4, -0.2) is 47.0 Å². The highest BCUT2D eigenvalue weighted by Crippen LogP contribution is 2.26. The van der Waals surface area contributed by atoms with Gasteiger partial charge in [-0.05, 0) is 29.8 Å². The summed E-state index contributed by atoms with van der Waals surface area (Å²) < 4.78 is 29.7. The molecule has 4 aromatic rings. The summed E-state index contributed by atoms with van der Waals surface area (Å²) in [6.45, 7) is 0.0957. The van der Waals surface area contributed by atoms with Crippen LogP contribution in [0.15, 0.2) is 72.6 Å². The summed E-state index contributed by atoms with van der Waals surface area (Å²) in [6.07, 6.45) is 6.81. The van der Waals surface area contributed by atoms with Crippen molar-refractivity contribution < 1.29 is 22.7 Å². The Kier molecular flexibility index (Phi) is 7.22. The lowest BCUT2D eigenvalue weighted by molar-refractivity contribution is -0.115. The first-order valence-electron chi connectivity index (χ1n) is 10.3. The van der Waals surface area contributed by atoms with E-state index in [0.29, 0.717) is 17.4 Å². The molecule has 35 heavy (non-hydrogen) atoms. The van der Waals surface area contributed by atoms with E-state index in [-0.39, 0.29) is 12.1 Å². The second-order valence-corrected chi connectivity index (χ2v) is 10.2. The quantitative estimate of drug-likeness (QED) is 0.353. The maximum atomic E-state index is 12.3. The summed E-state index contributed by atoms with van der Waals surface area (Å²) in [6, 6.07) is 12.7. The van der Waals surface area contributed by atoms with Crippen molar-refractivity contribution in [2.24, 2.45) is 0 Å². The van der Waals surface area contributed by atoms with Crippen molar-refractivity contribution in [2.75, 3.05) is 18.1 Å². The van der Waals surface area contributed by atoms with Crippen molar-refractivity contribution in [2.45, 2.75) is 6.61 Å². The smallest absolute Gasteiger partial charge is 0.253 e. The van der Waals surface area contributed by atoms with E-state index in [0.717, 1.165) is 27.1 Å². The molecule has 3 aromatic heterocycles. The van der Waals surface area contributed by atoms with Crippen molar-refractivity contribution in [3.63, 3.8) is 0 Å². The molecule has 0 aliphatic heterocycles. The summed E-state index contributed by atoms with van der Waals surface area (Å²) in [7, 11) is -3.49. The maximum absolute atomic E-state index is 12.3. The van der Waals surface area contributed by atoms with Gasteiger partial charge >= 0.3 is 0 Å². The Labute approximate surface area is 205 Å². The third-order valence-corrected chi connectivity index (χ3v) is 6.50. The minimum absolute atomic E-state index is 0.132. The van der Waals surface area contributed by atoms with Gasteiger partial charge in [0.1, 0.15) is 12.4 Å². The number of nitrogens with one attached hydrogen (secondary N) is 2. The highest BCUT2D eigenvalue weighted by Gasteiger charge is 2.14. The van der Waals surface area contributed by atoms with Gasteiger partial charge in [0, 0.05) is 35.7 Å². The molecule has 0 saturated heterocycles. The second kappa shape index (κ2) is 10.5. The first-order chi connectivity index (χ1) is 16.8. The lowest BCUT2D eigenvalue weighted by Gasteiger charge is -2.07. The zero-order valence-corrected chi connectivity index (χ0v) is 20.2. The average Bonchev–Trinajstić information content (AvgIpc) is 3.52. The number of amides is 2. The van der Waals surface area contributed by atoms with E-state index in [9.17, 15) is 18.0 Å². The van der Waals surface area contributed by atoms with Crippen LogP contribution in [0.5, 0.6) is 5.75 Å². The molecule has 0 aliphatic carbocycles. The first-order valence-corrected chi connectivity index (χ1v) is 13.0. The second-order valence-electron chi connectivity index (χ2n) is 7.43. The van der Waals surface area contributed by atoms with Gasteiger partial charge in [-0.2, -0.15) is 0 Å². The van der Waals surface area contributed by atoms with E-state index in [2.05, 4.69) is 20.6 Å². The molecular formula is C23H21N5O5S2. The number of anilines is 1. The predicted octanol–water partition coefficient (Wildman–Crippen LogP) is 2.76. The Morgan fingerprint density at radius 1 is 1.14 bits per heavy atom. The molecule has 0 fully saturated rings. The Balaban J connectivity index is 1.31. The zero-order chi connectivity index (χ0) is 24.8. The molecule has 0 unspecified atom stereocenters. The fourth-order valence-electron chi connectivity index (χ4n) is 3.03. The highest BCUT2D eigenvalue weighted by molar-refractivity contribution is 7.89. The van der Waals surface area contributed by atoms with Crippen LogP contribution in [0.4, 0.5) is 5.13 Å². The number of thiazole rings is 1. The number of benzene rings is 1. The van der Waals surface area contributed by atoms with E-state index in [1.54, 1.807) is 24.5 Å². The molecule has 1 aromatic carbocycles. The highest BCUT2D eigenvalue weighted by atomic mass is 32.2. The molecule has 180 valence electrons. The van der Waals surface area contributed by atoms with Crippen molar-refractivity contribution in [1.29, 1.82) is 0 Å². The number of ether oxygens (including phenoxy) is 1. The molecule has 0 saturated carbocycles. The Hall–Kier alpha value is -4.03. The number of hydrogen-bond acceptors (Lipinski definition) is 8. The summed E-state index contributed by atoms with van der Waals surface area (Å²) in [5, 5.41) is 7.32. The molecule has 10 nitrogen and oxygen atoms in total. The van der Waals surface area contributed by atoms with Gasteiger partial charge in [-0.1, -0.05) is 18.2 Å². The molecular weight excluding hydrogens is 490 g/mol. The normalized spacial score (nSPS) is 11.1. The monoisotopic (exact) mass is 511 g/mol. The topological polar surface area (TPSA) is 132 Å². The average molecular weight is 512 g/mol. The SMILES string of the molecule is CS(=O)(=O)n1ccc(C(=O)NCC(=O)Nc2nc(-c3cccc(COc4ccncc4)c3)cs2)c1. The number of rotatable bonds is 9. The van der Waals surface area contributed by atoms with Crippen LogP contribution in [0.25, 0.3) is 11.3 Å². The molecule has 4 rings (SSSR count). The van der Waals surface area contributed by atoms with E-state index in [4.69, 9.17) is 4.74 Å². The lowest BCUT2D eigenvalue weighted by Crippen LogP contribution is -2.32. The molecule has 0 radical (unpaired) electrons. The maximum Gasteiger partial charge on any atom is 0.253 e. The van der Waals surface area contributed by atoms with E-state index in [1.807, 2.05) is 29.6 Å². The summed E-state index contributed by atoms with van der Waals surface area (Å²) in [5.41, 5.74) is 2.67. The molecule has 0 bridgehead atoms. The van der Waals surface area contributed by atoms with Gasteiger partial charge in [0.25, 0.3) is 5.91 Å². The van der Waals surface area contributed by atoms with Crippen molar-refractivity contribution in [1.82, 2.24) is 19.3 Å². The number of hydrogen-bond donors (Lipinski definition) is 2.